The van der Waals surface area contributed by atoms with E-state index >= 15 is 0 Å². The highest BCUT2D eigenvalue weighted by Gasteiger charge is 2.41. The number of nitrogens with zero attached hydrogens (tertiary/aromatic N) is 2. The van der Waals surface area contributed by atoms with Crippen molar-refractivity contribution in [3.63, 3.8) is 0 Å². The summed E-state index contributed by atoms with van der Waals surface area (Å²) < 4.78 is 53.9. The standard InChI is InChI=1S/C12H15F4N3O/c1-2-8-7-3-17-4-9(7)19-10(18-8)5-20-6-12(15,16)11(13)14/h11,17H,2-6H2,1H3. The van der Waals surface area contributed by atoms with E-state index in [-0.39, 0.29) is 12.4 Å². The van der Waals surface area contributed by atoms with Crippen LogP contribution in [0, 0.1) is 0 Å². The fourth-order valence-corrected chi connectivity index (χ4v) is 1.99. The lowest BCUT2D eigenvalue weighted by molar-refractivity contribution is -0.168. The average Bonchev–Trinajstić information content (AvgIpc) is 2.85. The summed E-state index contributed by atoms with van der Waals surface area (Å²) in [5.74, 6) is -3.90. The molecule has 0 saturated heterocycles. The third kappa shape index (κ3) is 3.24. The van der Waals surface area contributed by atoms with Crippen LogP contribution in [0.5, 0.6) is 0 Å². The SMILES string of the molecule is CCc1nc(COCC(F)(F)C(F)F)nc2c1CNC2. The quantitative estimate of drug-likeness (QED) is 0.816. The van der Waals surface area contributed by atoms with Crippen LogP contribution in [0.25, 0.3) is 0 Å². The largest absolute Gasteiger partial charge is 0.367 e. The van der Waals surface area contributed by atoms with Crippen molar-refractivity contribution in [1.82, 2.24) is 15.3 Å². The number of hydrogen-bond donors (Lipinski definition) is 1. The van der Waals surface area contributed by atoms with Crippen LogP contribution in [0.4, 0.5) is 17.6 Å². The first kappa shape index (κ1) is 15.1. The molecule has 1 N–H and O–H groups in total. The van der Waals surface area contributed by atoms with E-state index in [1.54, 1.807) is 0 Å². The predicted octanol–water partition coefficient (Wildman–Crippen LogP) is 2.06. The molecule has 1 aliphatic heterocycles. The molecular weight excluding hydrogens is 278 g/mol. The molecule has 8 heteroatoms. The molecular formula is C12H15F4N3O. The smallest absolute Gasteiger partial charge is 0.330 e. The number of fused-ring (bicyclic) bond motifs is 1. The fourth-order valence-electron chi connectivity index (χ4n) is 1.99. The Hall–Kier alpha value is -1.28. The molecule has 20 heavy (non-hydrogen) atoms. The number of alkyl halides is 4. The molecule has 4 nitrogen and oxygen atoms in total. The third-order valence-corrected chi connectivity index (χ3v) is 3.00. The van der Waals surface area contributed by atoms with Gasteiger partial charge in [0.1, 0.15) is 13.2 Å². The Morgan fingerprint density at radius 1 is 1.30 bits per heavy atom. The van der Waals surface area contributed by atoms with E-state index in [2.05, 4.69) is 20.0 Å². The summed E-state index contributed by atoms with van der Waals surface area (Å²) in [6.45, 7) is 1.55. The lowest BCUT2D eigenvalue weighted by Crippen LogP contribution is -2.32. The number of halogens is 4. The first-order chi connectivity index (χ1) is 9.44. The third-order valence-electron chi connectivity index (χ3n) is 3.00. The molecule has 2 heterocycles. The Morgan fingerprint density at radius 2 is 2.05 bits per heavy atom. The predicted molar refractivity (Wildman–Crippen MR) is 62.6 cm³/mol. The van der Waals surface area contributed by atoms with Crippen LogP contribution in [0.3, 0.4) is 0 Å². The number of rotatable bonds is 6. The van der Waals surface area contributed by atoms with Gasteiger partial charge in [-0.2, -0.15) is 8.78 Å². The first-order valence-electron chi connectivity index (χ1n) is 6.26. The van der Waals surface area contributed by atoms with E-state index in [4.69, 9.17) is 0 Å². The molecule has 0 bridgehead atoms. The number of aromatic nitrogens is 2. The zero-order chi connectivity index (χ0) is 14.8. The van der Waals surface area contributed by atoms with Gasteiger partial charge in [0, 0.05) is 24.3 Å². The second-order valence-electron chi connectivity index (χ2n) is 4.52. The minimum Gasteiger partial charge on any atom is -0.367 e. The van der Waals surface area contributed by atoms with Crippen molar-refractivity contribution in [2.75, 3.05) is 6.61 Å². The summed E-state index contributed by atoms with van der Waals surface area (Å²) in [5, 5.41) is 3.12. The summed E-state index contributed by atoms with van der Waals surface area (Å²) in [6.07, 6.45) is -3.05. The van der Waals surface area contributed by atoms with E-state index < -0.39 is 19.0 Å². The fraction of sp³-hybridized carbons (Fsp3) is 0.667. The molecule has 2 rings (SSSR count). The van der Waals surface area contributed by atoms with Gasteiger partial charge < -0.3 is 10.1 Å². The molecule has 0 spiro atoms. The molecule has 0 amide bonds. The van der Waals surface area contributed by atoms with Gasteiger partial charge in [-0.3, -0.25) is 0 Å². The minimum atomic E-state index is -4.15. The van der Waals surface area contributed by atoms with Crippen molar-refractivity contribution in [2.24, 2.45) is 0 Å². The molecule has 0 saturated carbocycles. The summed E-state index contributed by atoms with van der Waals surface area (Å²) in [6, 6.07) is 0. The van der Waals surface area contributed by atoms with Crippen LogP contribution in [0.2, 0.25) is 0 Å². The van der Waals surface area contributed by atoms with Crippen LogP contribution in [-0.4, -0.2) is 28.9 Å². The molecule has 1 aromatic heterocycles. The molecule has 0 radical (unpaired) electrons. The van der Waals surface area contributed by atoms with Crippen molar-refractivity contribution in [3.05, 3.63) is 22.8 Å². The van der Waals surface area contributed by atoms with Gasteiger partial charge >= 0.3 is 12.3 Å². The van der Waals surface area contributed by atoms with Crippen molar-refractivity contribution in [2.45, 2.75) is 45.4 Å². The highest BCUT2D eigenvalue weighted by molar-refractivity contribution is 5.29. The number of ether oxygens (including phenoxy) is 1. The van der Waals surface area contributed by atoms with Gasteiger partial charge in [0.05, 0.1) is 5.69 Å². The second-order valence-corrected chi connectivity index (χ2v) is 4.52. The van der Waals surface area contributed by atoms with E-state index in [0.717, 1.165) is 17.0 Å². The van der Waals surface area contributed by atoms with E-state index in [9.17, 15) is 17.6 Å². The second kappa shape index (κ2) is 6.01. The zero-order valence-electron chi connectivity index (χ0n) is 10.9. The molecule has 112 valence electrons. The maximum Gasteiger partial charge on any atom is 0.330 e. The monoisotopic (exact) mass is 293 g/mol. The highest BCUT2D eigenvalue weighted by atomic mass is 19.3. The van der Waals surface area contributed by atoms with Crippen LogP contribution in [-0.2, 0) is 30.9 Å². The van der Waals surface area contributed by atoms with Gasteiger partial charge in [0.2, 0.25) is 0 Å². The molecule has 0 unspecified atom stereocenters. The Labute approximate surface area is 113 Å². The molecule has 1 aromatic rings. The van der Waals surface area contributed by atoms with Gasteiger partial charge in [-0.1, -0.05) is 6.92 Å². The van der Waals surface area contributed by atoms with Crippen molar-refractivity contribution >= 4 is 0 Å². The Balaban J connectivity index is 2.01. The lowest BCUT2D eigenvalue weighted by Gasteiger charge is -2.15. The highest BCUT2D eigenvalue weighted by Crippen LogP contribution is 2.23. The normalized spacial score (nSPS) is 14.9. The van der Waals surface area contributed by atoms with E-state index in [0.29, 0.717) is 19.5 Å². The molecule has 0 aromatic carbocycles. The summed E-state index contributed by atoms with van der Waals surface area (Å²) in [7, 11) is 0. The van der Waals surface area contributed by atoms with Crippen LogP contribution < -0.4 is 5.32 Å². The van der Waals surface area contributed by atoms with Gasteiger partial charge in [0.15, 0.2) is 5.82 Å². The first-order valence-corrected chi connectivity index (χ1v) is 6.26. The molecule has 1 aliphatic rings. The minimum absolute atomic E-state index is 0.245. The summed E-state index contributed by atoms with van der Waals surface area (Å²) in [5.41, 5.74) is 2.67. The van der Waals surface area contributed by atoms with E-state index in [1.165, 1.54) is 0 Å². The molecule has 0 atom stereocenters. The Bertz CT molecular complexity index is 482. The maximum atomic E-state index is 12.7. The van der Waals surface area contributed by atoms with Gasteiger partial charge in [-0.15, -0.1) is 0 Å². The number of aryl methyl sites for hydroxylation is 1. The van der Waals surface area contributed by atoms with Gasteiger partial charge in [0.25, 0.3) is 0 Å². The summed E-state index contributed by atoms with van der Waals surface area (Å²) in [4.78, 5) is 8.41. The van der Waals surface area contributed by atoms with Crippen molar-refractivity contribution < 1.29 is 22.3 Å². The van der Waals surface area contributed by atoms with Crippen LogP contribution >= 0.6 is 0 Å². The molecule has 0 fully saturated rings. The molecule has 0 aliphatic carbocycles. The van der Waals surface area contributed by atoms with Gasteiger partial charge in [-0.05, 0) is 6.42 Å². The Morgan fingerprint density at radius 3 is 2.70 bits per heavy atom. The lowest BCUT2D eigenvalue weighted by atomic mass is 10.1. The average molecular weight is 293 g/mol. The number of hydrogen-bond acceptors (Lipinski definition) is 4. The summed E-state index contributed by atoms with van der Waals surface area (Å²) >= 11 is 0. The van der Waals surface area contributed by atoms with Crippen LogP contribution in [0.1, 0.15) is 29.7 Å². The van der Waals surface area contributed by atoms with Crippen molar-refractivity contribution in [3.8, 4) is 0 Å². The zero-order valence-corrected chi connectivity index (χ0v) is 10.9. The maximum absolute atomic E-state index is 12.7. The van der Waals surface area contributed by atoms with E-state index in [1.807, 2.05) is 6.92 Å². The van der Waals surface area contributed by atoms with Crippen LogP contribution in [0.15, 0.2) is 0 Å². The Kier molecular flexibility index (Phi) is 4.54. The van der Waals surface area contributed by atoms with Gasteiger partial charge in [-0.25, -0.2) is 18.7 Å². The number of nitrogens with one attached hydrogen (secondary N) is 1. The van der Waals surface area contributed by atoms with Crippen molar-refractivity contribution in [1.29, 1.82) is 0 Å². The topological polar surface area (TPSA) is 47.0 Å².